The number of nitrogens with one attached hydrogen (secondary N) is 1. The van der Waals surface area contributed by atoms with Gasteiger partial charge in [-0.25, -0.2) is 0 Å². The molecule has 0 spiro atoms. The molecule has 0 saturated carbocycles. The molecule has 0 heterocycles. The van der Waals surface area contributed by atoms with E-state index in [0.29, 0.717) is 6.54 Å². The molecule has 3 nitrogen and oxygen atoms in total. The fourth-order valence-electron chi connectivity index (χ4n) is 2.29. The molecular formula is C16H21NO2. The summed E-state index contributed by atoms with van der Waals surface area (Å²) in [4.78, 5) is 0. The maximum atomic E-state index is 10.3. The summed E-state index contributed by atoms with van der Waals surface area (Å²) >= 11 is 0. The van der Waals surface area contributed by atoms with Crippen molar-refractivity contribution in [3.05, 3.63) is 42.0 Å². The van der Waals surface area contributed by atoms with E-state index in [4.69, 9.17) is 4.74 Å². The molecule has 0 saturated heterocycles. The van der Waals surface area contributed by atoms with Crippen molar-refractivity contribution in [3.63, 3.8) is 0 Å². The number of fused-ring (bicyclic) bond motifs is 1. The molecule has 2 rings (SSSR count). The second-order valence-corrected chi connectivity index (χ2v) is 4.62. The zero-order valence-electron chi connectivity index (χ0n) is 11.5. The van der Waals surface area contributed by atoms with Crippen molar-refractivity contribution >= 4 is 10.8 Å². The lowest BCUT2D eigenvalue weighted by Crippen LogP contribution is -2.22. The van der Waals surface area contributed by atoms with Crippen molar-refractivity contribution in [3.8, 4) is 5.75 Å². The Balaban J connectivity index is 2.33. The fourth-order valence-corrected chi connectivity index (χ4v) is 2.29. The van der Waals surface area contributed by atoms with Crippen LogP contribution in [-0.2, 0) is 0 Å². The summed E-state index contributed by atoms with van der Waals surface area (Å²) < 4.78 is 5.36. The van der Waals surface area contributed by atoms with Gasteiger partial charge in [0.05, 0.1) is 13.2 Å². The van der Waals surface area contributed by atoms with Crippen LogP contribution in [0.2, 0.25) is 0 Å². The highest BCUT2D eigenvalue weighted by molar-refractivity contribution is 5.91. The van der Waals surface area contributed by atoms with Crippen molar-refractivity contribution in [2.45, 2.75) is 19.4 Å². The molecule has 0 radical (unpaired) electrons. The molecule has 2 N–H and O–H groups in total. The highest BCUT2D eigenvalue weighted by atomic mass is 16.5. The molecule has 2 aromatic carbocycles. The number of aliphatic hydroxyl groups excluding tert-OH is 1. The first-order valence-electron chi connectivity index (χ1n) is 6.72. The van der Waals surface area contributed by atoms with Crippen LogP contribution in [0.5, 0.6) is 5.75 Å². The fraction of sp³-hybridized carbons (Fsp3) is 0.375. The van der Waals surface area contributed by atoms with Crippen molar-refractivity contribution < 1.29 is 9.84 Å². The largest absolute Gasteiger partial charge is 0.496 e. The first-order chi connectivity index (χ1) is 9.27. The van der Waals surface area contributed by atoms with Crippen molar-refractivity contribution in [2.24, 2.45) is 0 Å². The molecular weight excluding hydrogens is 238 g/mol. The monoisotopic (exact) mass is 259 g/mol. The molecule has 1 atom stereocenters. The summed E-state index contributed by atoms with van der Waals surface area (Å²) in [6.45, 7) is 3.61. The Morgan fingerprint density at radius 3 is 2.58 bits per heavy atom. The quantitative estimate of drug-likeness (QED) is 0.784. The van der Waals surface area contributed by atoms with E-state index >= 15 is 0 Å². The minimum Gasteiger partial charge on any atom is -0.496 e. The highest BCUT2D eigenvalue weighted by Gasteiger charge is 2.12. The third kappa shape index (κ3) is 3.06. The standard InChI is InChI=1S/C16H21NO2/c1-3-10-17-11-15(18)13-8-9-16(19-2)14-7-5-4-6-12(13)14/h4-9,15,17-18H,3,10-11H2,1-2H3. The van der Waals surface area contributed by atoms with Gasteiger partial charge in [-0.1, -0.05) is 37.3 Å². The van der Waals surface area contributed by atoms with E-state index in [-0.39, 0.29) is 0 Å². The first kappa shape index (κ1) is 13.8. The Morgan fingerprint density at radius 2 is 1.89 bits per heavy atom. The average Bonchev–Trinajstić information content (AvgIpc) is 2.46. The van der Waals surface area contributed by atoms with Crippen LogP contribution in [0.15, 0.2) is 36.4 Å². The Labute approximate surface area is 114 Å². The number of rotatable bonds is 6. The molecule has 0 bridgehead atoms. The van der Waals surface area contributed by atoms with E-state index in [2.05, 4.69) is 12.2 Å². The number of hydrogen-bond acceptors (Lipinski definition) is 3. The van der Waals surface area contributed by atoms with Crippen LogP contribution in [0.4, 0.5) is 0 Å². The van der Waals surface area contributed by atoms with Gasteiger partial charge >= 0.3 is 0 Å². The molecule has 102 valence electrons. The Kier molecular flexibility index (Phi) is 4.77. The molecule has 0 aliphatic rings. The SMILES string of the molecule is CCCNCC(O)c1ccc(OC)c2ccccc12. The number of ether oxygens (including phenoxy) is 1. The molecule has 19 heavy (non-hydrogen) atoms. The van der Waals surface area contributed by atoms with Gasteiger partial charge in [0, 0.05) is 11.9 Å². The van der Waals surface area contributed by atoms with Crippen molar-refractivity contribution in [1.82, 2.24) is 5.32 Å². The van der Waals surface area contributed by atoms with Gasteiger partial charge in [-0.3, -0.25) is 0 Å². The van der Waals surface area contributed by atoms with Crippen molar-refractivity contribution in [2.75, 3.05) is 20.2 Å². The van der Waals surface area contributed by atoms with Crippen LogP contribution < -0.4 is 10.1 Å². The summed E-state index contributed by atoms with van der Waals surface area (Å²) in [5.74, 6) is 0.841. The minimum atomic E-state index is -0.498. The van der Waals surface area contributed by atoms with E-state index < -0.39 is 6.10 Å². The number of aliphatic hydroxyl groups is 1. The zero-order chi connectivity index (χ0) is 13.7. The molecule has 2 aromatic rings. The lowest BCUT2D eigenvalue weighted by Gasteiger charge is -2.16. The highest BCUT2D eigenvalue weighted by Crippen LogP contribution is 2.31. The Bertz CT molecular complexity index is 539. The molecule has 0 aliphatic heterocycles. The van der Waals surface area contributed by atoms with E-state index in [1.807, 2.05) is 36.4 Å². The smallest absolute Gasteiger partial charge is 0.126 e. The van der Waals surface area contributed by atoms with Gasteiger partial charge in [-0.15, -0.1) is 0 Å². The van der Waals surface area contributed by atoms with Gasteiger partial charge in [0.2, 0.25) is 0 Å². The molecule has 0 fully saturated rings. The van der Waals surface area contributed by atoms with Crippen LogP contribution in [-0.4, -0.2) is 25.3 Å². The van der Waals surface area contributed by atoms with E-state index in [1.165, 1.54) is 0 Å². The van der Waals surface area contributed by atoms with Crippen LogP contribution >= 0.6 is 0 Å². The second kappa shape index (κ2) is 6.55. The second-order valence-electron chi connectivity index (χ2n) is 4.62. The molecule has 3 heteroatoms. The van der Waals surface area contributed by atoms with E-state index in [0.717, 1.165) is 35.1 Å². The van der Waals surface area contributed by atoms with Crippen molar-refractivity contribution in [1.29, 1.82) is 0 Å². The third-order valence-corrected chi connectivity index (χ3v) is 3.26. The van der Waals surface area contributed by atoms with Gasteiger partial charge in [0.1, 0.15) is 5.75 Å². The molecule has 0 aromatic heterocycles. The van der Waals surface area contributed by atoms with Gasteiger partial charge in [-0.05, 0) is 30.0 Å². The predicted octanol–water partition coefficient (Wildman–Crippen LogP) is 2.88. The average molecular weight is 259 g/mol. The summed E-state index contributed by atoms with van der Waals surface area (Å²) in [5, 5.41) is 15.6. The topological polar surface area (TPSA) is 41.5 Å². The Hall–Kier alpha value is -1.58. The maximum Gasteiger partial charge on any atom is 0.126 e. The molecule has 0 amide bonds. The Morgan fingerprint density at radius 1 is 1.16 bits per heavy atom. The summed E-state index contributed by atoms with van der Waals surface area (Å²) in [6, 6.07) is 11.9. The normalized spacial score (nSPS) is 12.6. The maximum absolute atomic E-state index is 10.3. The molecule has 0 aliphatic carbocycles. The minimum absolute atomic E-state index is 0.498. The zero-order valence-corrected chi connectivity index (χ0v) is 11.5. The van der Waals surface area contributed by atoms with Crippen LogP contribution in [0.1, 0.15) is 25.0 Å². The predicted molar refractivity (Wildman–Crippen MR) is 78.6 cm³/mol. The van der Waals surface area contributed by atoms with E-state index in [9.17, 15) is 5.11 Å². The summed E-state index contributed by atoms with van der Waals surface area (Å²) in [7, 11) is 1.67. The number of benzene rings is 2. The number of methoxy groups -OCH3 is 1. The number of hydrogen-bond donors (Lipinski definition) is 2. The van der Waals surface area contributed by atoms with Gasteiger partial charge in [-0.2, -0.15) is 0 Å². The van der Waals surface area contributed by atoms with E-state index in [1.54, 1.807) is 7.11 Å². The lowest BCUT2D eigenvalue weighted by molar-refractivity contribution is 0.176. The van der Waals surface area contributed by atoms with Crippen LogP contribution in [0, 0.1) is 0 Å². The molecule has 1 unspecified atom stereocenters. The first-order valence-corrected chi connectivity index (χ1v) is 6.72. The summed E-state index contributed by atoms with van der Waals surface area (Å²) in [6.07, 6.45) is 0.568. The van der Waals surface area contributed by atoms with Crippen LogP contribution in [0.25, 0.3) is 10.8 Å². The van der Waals surface area contributed by atoms with Crippen LogP contribution in [0.3, 0.4) is 0 Å². The van der Waals surface area contributed by atoms with Gasteiger partial charge in [0.25, 0.3) is 0 Å². The third-order valence-electron chi connectivity index (χ3n) is 3.26. The van der Waals surface area contributed by atoms with Gasteiger partial charge in [0.15, 0.2) is 0 Å². The van der Waals surface area contributed by atoms with Gasteiger partial charge < -0.3 is 15.2 Å². The summed E-state index contributed by atoms with van der Waals surface area (Å²) in [5.41, 5.74) is 0.944. The lowest BCUT2D eigenvalue weighted by atomic mass is 9.99.